The maximum Gasteiger partial charge on any atom is 0.213 e. The zero-order chi connectivity index (χ0) is 18.4. The van der Waals surface area contributed by atoms with Gasteiger partial charge >= 0.3 is 0 Å². The van der Waals surface area contributed by atoms with Crippen LogP contribution in [0.1, 0.15) is 21.5 Å². The third-order valence-corrected chi connectivity index (χ3v) is 4.30. The summed E-state index contributed by atoms with van der Waals surface area (Å²) in [7, 11) is 0. The maximum atomic E-state index is 12.9. The summed E-state index contributed by atoms with van der Waals surface area (Å²) in [5, 5.41) is 9.16. The van der Waals surface area contributed by atoms with Crippen LogP contribution >= 0.6 is 23.2 Å². The van der Waals surface area contributed by atoms with Crippen LogP contribution in [-0.2, 0) is 0 Å². The van der Waals surface area contributed by atoms with Gasteiger partial charge in [0.05, 0.1) is 16.3 Å². The topological polar surface area (TPSA) is 41.8 Å². The van der Waals surface area contributed by atoms with Crippen molar-refractivity contribution in [3.63, 3.8) is 0 Å². The van der Waals surface area contributed by atoms with Gasteiger partial charge in [-0.2, -0.15) is 5.10 Å². The van der Waals surface area contributed by atoms with Crippen LogP contribution in [-0.4, -0.2) is 17.7 Å². The van der Waals surface area contributed by atoms with Gasteiger partial charge in [0.1, 0.15) is 5.71 Å². The van der Waals surface area contributed by atoms with E-state index in [9.17, 15) is 4.79 Å². The molecule has 0 fully saturated rings. The average molecular weight is 381 g/mol. The number of carbonyl (C=O) groups excluding carboxylic acids is 1. The van der Waals surface area contributed by atoms with E-state index in [0.717, 1.165) is 0 Å². The third kappa shape index (κ3) is 4.26. The molecule has 0 aliphatic heterocycles. The molecule has 0 atom stereocenters. The first kappa shape index (κ1) is 18.1. The highest BCUT2D eigenvalue weighted by Crippen LogP contribution is 2.22. The number of carbonyl (C=O) groups is 1. The van der Waals surface area contributed by atoms with E-state index < -0.39 is 0 Å². The summed E-state index contributed by atoms with van der Waals surface area (Å²) in [6, 6.07) is 23.3. The standard InChI is InChI=1S/C21H14Cl2N2O/c22-18-12-7-13-19(23)17(18)14-24-25-20(15-8-3-1-4-9-15)21(26)16-10-5-2-6-11-16/h1-14H. The zero-order valence-corrected chi connectivity index (χ0v) is 15.2. The summed E-state index contributed by atoms with van der Waals surface area (Å²) in [5.41, 5.74) is 2.03. The normalized spacial score (nSPS) is 11.7. The Bertz CT molecular complexity index is 948. The van der Waals surface area contributed by atoms with Crippen molar-refractivity contribution in [2.45, 2.75) is 0 Å². The van der Waals surface area contributed by atoms with E-state index in [1.807, 2.05) is 48.5 Å². The SMILES string of the molecule is O=C(C(=NN=Cc1c(Cl)cccc1Cl)c1ccccc1)c1ccccc1. The number of ketones is 1. The summed E-state index contributed by atoms with van der Waals surface area (Å²) in [4.78, 5) is 12.9. The predicted octanol–water partition coefficient (Wildman–Crippen LogP) is 5.70. The molecular weight excluding hydrogens is 367 g/mol. The van der Waals surface area contributed by atoms with Crippen LogP contribution < -0.4 is 0 Å². The largest absolute Gasteiger partial charge is 0.287 e. The number of Topliss-reactive ketones (excluding diaryl/α,β-unsaturated/α-hetero) is 1. The second-order valence-corrected chi connectivity index (χ2v) is 6.20. The molecule has 0 aliphatic carbocycles. The van der Waals surface area contributed by atoms with Gasteiger partial charge in [0.2, 0.25) is 5.78 Å². The predicted molar refractivity (Wildman–Crippen MR) is 108 cm³/mol. The first-order valence-corrected chi connectivity index (χ1v) is 8.62. The summed E-state index contributed by atoms with van der Waals surface area (Å²) in [6.07, 6.45) is 1.45. The minimum absolute atomic E-state index is 0.209. The Morgan fingerprint density at radius 1 is 0.731 bits per heavy atom. The lowest BCUT2D eigenvalue weighted by atomic mass is 10.0. The quantitative estimate of drug-likeness (QED) is 0.318. The molecule has 0 unspecified atom stereocenters. The number of benzene rings is 3. The van der Waals surface area contributed by atoms with E-state index in [1.165, 1.54) is 6.21 Å². The molecule has 3 aromatic rings. The molecule has 128 valence electrons. The summed E-state index contributed by atoms with van der Waals surface area (Å²) < 4.78 is 0. The Morgan fingerprint density at radius 2 is 1.27 bits per heavy atom. The highest BCUT2D eigenvalue weighted by molar-refractivity contribution is 6.51. The Hall–Kier alpha value is -2.75. The third-order valence-electron chi connectivity index (χ3n) is 3.64. The fourth-order valence-electron chi connectivity index (χ4n) is 2.33. The number of nitrogens with zero attached hydrogens (tertiary/aromatic N) is 2. The van der Waals surface area contributed by atoms with Crippen LogP contribution in [0.15, 0.2) is 89.1 Å². The van der Waals surface area contributed by atoms with Gasteiger partial charge in [-0.1, -0.05) is 89.9 Å². The summed E-state index contributed by atoms with van der Waals surface area (Å²) >= 11 is 12.3. The van der Waals surface area contributed by atoms with E-state index in [0.29, 0.717) is 26.7 Å². The van der Waals surface area contributed by atoms with Gasteiger partial charge in [0, 0.05) is 16.7 Å². The van der Waals surface area contributed by atoms with Gasteiger partial charge in [0.25, 0.3) is 0 Å². The van der Waals surface area contributed by atoms with Crippen molar-refractivity contribution in [3.8, 4) is 0 Å². The van der Waals surface area contributed by atoms with Gasteiger partial charge in [-0.3, -0.25) is 4.79 Å². The molecule has 3 aromatic carbocycles. The van der Waals surface area contributed by atoms with E-state index in [-0.39, 0.29) is 11.5 Å². The second kappa shape index (κ2) is 8.56. The van der Waals surface area contributed by atoms with Crippen molar-refractivity contribution in [2.75, 3.05) is 0 Å². The van der Waals surface area contributed by atoms with Gasteiger partial charge in [-0.15, -0.1) is 5.10 Å². The van der Waals surface area contributed by atoms with E-state index in [1.54, 1.807) is 30.3 Å². The Labute approximate surface area is 161 Å². The molecule has 3 nitrogen and oxygen atoms in total. The van der Waals surface area contributed by atoms with Crippen molar-refractivity contribution in [3.05, 3.63) is 106 Å². The highest BCUT2D eigenvalue weighted by atomic mass is 35.5. The Morgan fingerprint density at radius 3 is 1.85 bits per heavy atom. The molecular formula is C21H14Cl2N2O. The van der Waals surface area contributed by atoms with Crippen LogP contribution in [0.5, 0.6) is 0 Å². The summed E-state index contributed by atoms with van der Waals surface area (Å²) in [6.45, 7) is 0. The van der Waals surface area contributed by atoms with Gasteiger partial charge in [0.15, 0.2) is 0 Å². The zero-order valence-electron chi connectivity index (χ0n) is 13.6. The number of hydrogen-bond acceptors (Lipinski definition) is 3. The Balaban J connectivity index is 2.00. The number of rotatable bonds is 5. The first-order valence-electron chi connectivity index (χ1n) is 7.87. The minimum Gasteiger partial charge on any atom is -0.287 e. The molecule has 0 bridgehead atoms. The lowest BCUT2D eigenvalue weighted by Gasteiger charge is -2.04. The molecule has 0 radical (unpaired) electrons. The average Bonchev–Trinajstić information content (AvgIpc) is 2.68. The van der Waals surface area contributed by atoms with Gasteiger partial charge < -0.3 is 0 Å². The monoisotopic (exact) mass is 380 g/mol. The van der Waals surface area contributed by atoms with Crippen LogP contribution in [0.25, 0.3) is 0 Å². The summed E-state index contributed by atoms with van der Waals surface area (Å²) in [5.74, 6) is -0.209. The fourth-order valence-corrected chi connectivity index (χ4v) is 2.83. The lowest BCUT2D eigenvalue weighted by Crippen LogP contribution is -2.15. The van der Waals surface area contributed by atoms with E-state index in [4.69, 9.17) is 23.2 Å². The molecule has 26 heavy (non-hydrogen) atoms. The van der Waals surface area contributed by atoms with Crippen molar-refractivity contribution in [1.82, 2.24) is 0 Å². The number of hydrogen-bond donors (Lipinski definition) is 0. The van der Waals surface area contributed by atoms with Crippen molar-refractivity contribution in [1.29, 1.82) is 0 Å². The van der Waals surface area contributed by atoms with Crippen LogP contribution in [0, 0.1) is 0 Å². The highest BCUT2D eigenvalue weighted by Gasteiger charge is 2.16. The van der Waals surface area contributed by atoms with Crippen LogP contribution in [0.3, 0.4) is 0 Å². The molecule has 0 spiro atoms. The molecule has 0 aromatic heterocycles. The van der Waals surface area contributed by atoms with Gasteiger partial charge in [-0.05, 0) is 12.1 Å². The molecule has 0 amide bonds. The fraction of sp³-hybridized carbons (Fsp3) is 0. The van der Waals surface area contributed by atoms with Gasteiger partial charge in [-0.25, -0.2) is 0 Å². The number of halogens is 2. The minimum atomic E-state index is -0.209. The van der Waals surface area contributed by atoms with E-state index in [2.05, 4.69) is 10.2 Å². The maximum absolute atomic E-state index is 12.9. The molecule has 5 heteroatoms. The molecule has 0 saturated carbocycles. The molecule has 3 rings (SSSR count). The first-order chi connectivity index (χ1) is 12.7. The molecule has 0 heterocycles. The van der Waals surface area contributed by atoms with Crippen molar-refractivity contribution >= 4 is 40.9 Å². The molecule has 0 saturated heterocycles. The van der Waals surface area contributed by atoms with E-state index >= 15 is 0 Å². The second-order valence-electron chi connectivity index (χ2n) is 5.39. The molecule has 0 aliphatic rings. The van der Waals surface area contributed by atoms with Crippen LogP contribution in [0.4, 0.5) is 0 Å². The van der Waals surface area contributed by atoms with Crippen molar-refractivity contribution < 1.29 is 4.79 Å². The smallest absolute Gasteiger partial charge is 0.213 e. The molecule has 0 N–H and O–H groups in total. The Kier molecular flexibility index (Phi) is 5.95. The van der Waals surface area contributed by atoms with Crippen LogP contribution in [0.2, 0.25) is 10.0 Å². The van der Waals surface area contributed by atoms with Crippen molar-refractivity contribution in [2.24, 2.45) is 10.2 Å². The lowest BCUT2D eigenvalue weighted by molar-refractivity contribution is 0.106.